The number of halogens is 1. The molecule has 1 nitrogen and oxygen atoms in total. The van der Waals surface area contributed by atoms with Gasteiger partial charge in [0.15, 0.2) is 0 Å². The molecule has 2 heteroatoms. The van der Waals surface area contributed by atoms with Crippen LogP contribution in [-0.4, -0.2) is 12.4 Å². The van der Waals surface area contributed by atoms with E-state index in [9.17, 15) is 0 Å². The molecule has 0 N–H and O–H groups in total. The third-order valence-electron chi connectivity index (χ3n) is 1.91. The van der Waals surface area contributed by atoms with Crippen LogP contribution in [0, 0.1) is 0 Å². The van der Waals surface area contributed by atoms with Gasteiger partial charge in [-0.15, -0.1) is 0 Å². The van der Waals surface area contributed by atoms with Crippen molar-refractivity contribution in [3.8, 4) is 0 Å². The van der Waals surface area contributed by atoms with Crippen molar-refractivity contribution in [2.24, 2.45) is 0 Å². The van der Waals surface area contributed by atoms with Crippen LogP contribution in [0.25, 0.3) is 6.08 Å². The van der Waals surface area contributed by atoms with Crippen LogP contribution in [0.2, 0.25) is 0 Å². The Morgan fingerprint density at radius 3 is 2.50 bits per heavy atom. The normalized spacial score (nSPS) is 11.8. The molecule has 1 aromatic rings. The fourth-order valence-corrected chi connectivity index (χ4v) is 1.36. The maximum Gasteiger partial charge on any atom is 0.0713 e. The summed E-state index contributed by atoms with van der Waals surface area (Å²) < 4.78 is 5.05. The van der Waals surface area contributed by atoms with E-state index in [1.807, 2.05) is 0 Å². The van der Waals surface area contributed by atoms with Crippen molar-refractivity contribution < 1.29 is 4.74 Å². The van der Waals surface area contributed by atoms with Gasteiger partial charge >= 0.3 is 0 Å². The number of hydrogen-bond donors (Lipinski definition) is 0. The van der Waals surface area contributed by atoms with Crippen LogP contribution in [0.4, 0.5) is 0 Å². The van der Waals surface area contributed by atoms with Crippen LogP contribution < -0.4 is 0 Å². The smallest absolute Gasteiger partial charge is 0.0713 e. The number of allylic oxidation sites excluding steroid dienone is 1. The fraction of sp³-hybridized carbons (Fsp3) is 0.333. The highest BCUT2D eigenvalue weighted by molar-refractivity contribution is 9.09. The van der Waals surface area contributed by atoms with Crippen molar-refractivity contribution in [1.29, 1.82) is 0 Å². The first-order valence-electron chi connectivity index (χ1n) is 4.57. The molecule has 0 bridgehead atoms. The Hall–Kier alpha value is -0.600. The Balaban J connectivity index is 2.73. The van der Waals surface area contributed by atoms with Gasteiger partial charge in [0.05, 0.1) is 6.61 Å². The van der Waals surface area contributed by atoms with E-state index in [0.29, 0.717) is 6.61 Å². The Morgan fingerprint density at radius 1 is 1.36 bits per heavy atom. The van der Waals surface area contributed by atoms with E-state index in [2.05, 4.69) is 53.2 Å². The lowest BCUT2D eigenvalue weighted by atomic mass is 10.1. The number of hydrogen-bond acceptors (Lipinski definition) is 1. The first-order chi connectivity index (χ1) is 6.76. The monoisotopic (exact) mass is 254 g/mol. The van der Waals surface area contributed by atoms with E-state index in [1.165, 1.54) is 16.7 Å². The predicted octanol–water partition coefficient (Wildman–Crippen LogP) is 3.63. The molecule has 14 heavy (non-hydrogen) atoms. The Kier molecular flexibility index (Phi) is 4.91. The topological polar surface area (TPSA) is 9.23 Å². The van der Waals surface area contributed by atoms with Crippen LogP contribution in [0.1, 0.15) is 18.1 Å². The van der Waals surface area contributed by atoms with Crippen molar-refractivity contribution in [3.05, 3.63) is 41.0 Å². The van der Waals surface area contributed by atoms with Gasteiger partial charge in [-0.05, 0) is 18.1 Å². The molecule has 0 aliphatic carbocycles. The summed E-state index contributed by atoms with van der Waals surface area (Å²) >= 11 is 3.42. The van der Waals surface area contributed by atoms with Crippen LogP contribution in [0.5, 0.6) is 0 Å². The fourth-order valence-electron chi connectivity index (χ4n) is 1.20. The predicted molar refractivity (Wildman–Crippen MR) is 64.6 cm³/mol. The first-order valence-corrected chi connectivity index (χ1v) is 5.69. The summed E-state index contributed by atoms with van der Waals surface area (Å²) in [6.45, 7) is 2.79. The molecule has 76 valence electrons. The molecule has 0 radical (unpaired) electrons. The summed E-state index contributed by atoms with van der Waals surface area (Å²) in [7, 11) is 1.71. The van der Waals surface area contributed by atoms with Gasteiger partial charge in [-0.2, -0.15) is 0 Å². The third-order valence-corrected chi connectivity index (χ3v) is 2.80. The molecule has 0 atom stereocenters. The third kappa shape index (κ3) is 3.64. The van der Waals surface area contributed by atoms with E-state index in [1.54, 1.807) is 7.11 Å². The van der Waals surface area contributed by atoms with Crippen molar-refractivity contribution in [3.63, 3.8) is 0 Å². The number of methoxy groups -OCH3 is 1. The van der Waals surface area contributed by atoms with Gasteiger partial charge in [0.25, 0.3) is 0 Å². The first kappa shape index (κ1) is 11.5. The second-order valence-electron chi connectivity index (χ2n) is 3.30. The number of benzene rings is 1. The maximum atomic E-state index is 5.05. The van der Waals surface area contributed by atoms with Gasteiger partial charge < -0.3 is 4.74 Å². The maximum absolute atomic E-state index is 5.05. The van der Waals surface area contributed by atoms with Crippen molar-refractivity contribution >= 4 is 22.0 Å². The van der Waals surface area contributed by atoms with Gasteiger partial charge in [-0.3, -0.25) is 0 Å². The van der Waals surface area contributed by atoms with E-state index < -0.39 is 0 Å². The average Bonchev–Trinajstić information content (AvgIpc) is 2.21. The lowest BCUT2D eigenvalue weighted by molar-refractivity contribution is 0.185. The molecule has 0 aromatic heterocycles. The number of alkyl halides is 1. The minimum atomic E-state index is 0.682. The summed E-state index contributed by atoms with van der Waals surface area (Å²) in [4.78, 5) is 0. The summed E-state index contributed by atoms with van der Waals surface area (Å²) in [6, 6.07) is 8.41. The molecule has 0 amide bonds. The molecule has 0 heterocycles. The largest absolute Gasteiger partial charge is 0.380 e. The Labute approximate surface area is 93.9 Å². The highest BCUT2D eigenvalue weighted by Crippen LogP contribution is 2.10. The van der Waals surface area contributed by atoms with Crippen molar-refractivity contribution in [2.75, 3.05) is 12.4 Å². The van der Waals surface area contributed by atoms with E-state index in [-0.39, 0.29) is 0 Å². The quantitative estimate of drug-likeness (QED) is 0.746. The molecule has 0 unspecified atom stereocenters. The van der Waals surface area contributed by atoms with E-state index >= 15 is 0 Å². The van der Waals surface area contributed by atoms with Crippen molar-refractivity contribution in [2.45, 2.75) is 13.5 Å². The zero-order valence-corrected chi connectivity index (χ0v) is 10.2. The molecule has 0 aliphatic rings. The zero-order valence-electron chi connectivity index (χ0n) is 8.59. The van der Waals surface area contributed by atoms with Gasteiger partial charge in [-0.25, -0.2) is 0 Å². The summed E-state index contributed by atoms with van der Waals surface area (Å²) in [5, 5.41) is 0.923. The van der Waals surface area contributed by atoms with Gasteiger partial charge in [0, 0.05) is 12.4 Å². The SMILES string of the molecule is COCc1ccc(C=C(C)CBr)cc1. The summed E-state index contributed by atoms with van der Waals surface area (Å²) in [5.41, 5.74) is 3.77. The Bertz CT molecular complexity index is 301. The standard InChI is InChI=1S/C12H15BrO/c1-10(8-13)7-11-3-5-12(6-4-11)9-14-2/h3-7H,8-9H2,1-2H3. The molecule has 0 fully saturated rings. The molecule has 0 spiro atoms. The van der Waals surface area contributed by atoms with Gasteiger partial charge in [-0.1, -0.05) is 51.8 Å². The number of rotatable bonds is 4. The van der Waals surface area contributed by atoms with Gasteiger partial charge in [0.2, 0.25) is 0 Å². The van der Waals surface area contributed by atoms with Crippen LogP contribution in [0.15, 0.2) is 29.8 Å². The lowest BCUT2D eigenvalue weighted by Gasteiger charge is -2.00. The lowest BCUT2D eigenvalue weighted by Crippen LogP contribution is -1.86. The molecular weight excluding hydrogens is 240 g/mol. The minimum Gasteiger partial charge on any atom is -0.380 e. The molecule has 1 rings (SSSR count). The van der Waals surface area contributed by atoms with Crippen LogP contribution >= 0.6 is 15.9 Å². The molecular formula is C12H15BrO. The van der Waals surface area contributed by atoms with Crippen molar-refractivity contribution in [1.82, 2.24) is 0 Å². The summed E-state index contributed by atoms with van der Waals surface area (Å²) in [6.07, 6.45) is 2.17. The zero-order chi connectivity index (χ0) is 10.4. The average molecular weight is 255 g/mol. The van der Waals surface area contributed by atoms with Gasteiger partial charge in [0.1, 0.15) is 0 Å². The highest BCUT2D eigenvalue weighted by Gasteiger charge is 1.92. The molecule has 1 aromatic carbocycles. The number of ether oxygens (including phenoxy) is 1. The van der Waals surface area contributed by atoms with E-state index in [0.717, 1.165) is 5.33 Å². The Morgan fingerprint density at radius 2 is 2.00 bits per heavy atom. The molecule has 0 aliphatic heterocycles. The molecule has 0 saturated carbocycles. The van der Waals surface area contributed by atoms with Crippen LogP contribution in [-0.2, 0) is 11.3 Å². The minimum absolute atomic E-state index is 0.682. The van der Waals surface area contributed by atoms with E-state index in [4.69, 9.17) is 4.74 Å². The van der Waals surface area contributed by atoms with Crippen LogP contribution in [0.3, 0.4) is 0 Å². The summed E-state index contributed by atoms with van der Waals surface area (Å²) in [5.74, 6) is 0. The second-order valence-corrected chi connectivity index (χ2v) is 3.86. The molecule has 0 saturated heterocycles. The highest BCUT2D eigenvalue weighted by atomic mass is 79.9. The second kappa shape index (κ2) is 5.99.